The van der Waals surface area contributed by atoms with E-state index >= 15 is 0 Å². The molecule has 2 heterocycles. The molecule has 0 saturated heterocycles. The highest BCUT2D eigenvalue weighted by atomic mass is 16.1. The third kappa shape index (κ3) is 4.98. The lowest BCUT2D eigenvalue weighted by Crippen LogP contribution is -2.15. The third-order valence-electron chi connectivity index (χ3n) is 3.92. The van der Waals surface area contributed by atoms with Gasteiger partial charge < -0.3 is 21.3 Å². The SMILES string of the molecule is NC(=O)C1=CN=CC=CNC=CN2C=Cc3ccccc3C2=CNC=CC=C1. The lowest BCUT2D eigenvalue weighted by molar-refractivity contribution is -0.114. The molecule has 2 aliphatic heterocycles. The summed E-state index contributed by atoms with van der Waals surface area (Å²) in [6, 6.07) is 8.18. The van der Waals surface area contributed by atoms with E-state index in [0.717, 1.165) is 16.8 Å². The molecule has 3 rings (SSSR count). The average molecular weight is 371 g/mol. The molecule has 6 heteroatoms. The Labute approximate surface area is 164 Å². The summed E-state index contributed by atoms with van der Waals surface area (Å²) in [5.41, 5.74) is 8.93. The lowest BCUT2D eigenvalue weighted by atomic mass is 10.0. The van der Waals surface area contributed by atoms with Crippen molar-refractivity contribution >= 4 is 23.9 Å². The van der Waals surface area contributed by atoms with Gasteiger partial charge in [0.15, 0.2) is 0 Å². The molecule has 0 bridgehead atoms. The maximum absolute atomic E-state index is 11.4. The van der Waals surface area contributed by atoms with Gasteiger partial charge in [0.1, 0.15) is 0 Å². The van der Waals surface area contributed by atoms with Crippen molar-refractivity contribution in [1.29, 1.82) is 0 Å². The maximum Gasteiger partial charge on any atom is 0.250 e. The molecule has 0 saturated carbocycles. The summed E-state index contributed by atoms with van der Waals surface area (Å²) in [4.78, 5) is 17.5. The molecule has 1 aromatic rings. The fraction of sp³-hybridized carbons (Fsp3) is 0. The lowest BCUT2D eigenvalue weighted by Gasteiger charge is -2.25. The predicted octanol–water partition coefficient (Wildman–Crippen LogP) is 2.96. The first kappa shape index (κ1) is 18.7. The van der Waals surface area contributed by atoms with Gasteiger partial charge in [0.2, 0.25) is 5.91 Å². The van der Waals surface area contributed by atoms with Crippen LogP contribution in [0.2, 0.25) is 0 Å². The number of benzene rings is 1. The second-order valence-electron chi connectivity index (χ2n) is 5.81. The molecule has 0 radical (unpaired) electrons. The van der Waals surface area contributed by atoms with Gasteiger partial charge in [-0.05, 0) is 29.9 Å². The molecular formula is C22H21N5O. The topological polar surface area (TPSA) is 82.8 Å². The van der Waals surface area contributed by atoms with Gasteiger partial charge in [0.25, 0.3) is 0 Å². The van der Waals surface area contributed by atoms with Crippen molar-refractivity contribution in [2.24, 2.45) is 10.7 Å². The quantitative estimate of drug-likeness (QED) is 0.709. The number of primary amides is 1. The highest BCUT2D eigenvalue weighted by molar-refractivity contribution is 5.95. The van der Waals surface area contributed by atoms with Gasteiger partial charge in [-0.1, -0.05) is 30.3 Å². The van der Waals surface area contributed by atoms with Gasteiger partial charge in [0, 0.05) is 55.2 Å². The highest BCUT2D eigenvalue weighted by Crippen LogP contribution is 2.28. The van der Waals surface area contributed by atoms with E-state index in [0.29, 0.717) is 5.57 Å². The molecule has 28 heavy (non-hydrogen) atoms. The Bertz CT molecular complexity index is 961. The van der Waals surface area contributed by atoms with Crippen molar-refractivity contribution < 1.29 is 4.79 Å². The Morgan fingerprint density at radius 1 is 0.964 bits per heavy atom. The number of aliphatic imine (C=N–C) groups is 1. The number of fused-ring (bicyclic) bond motifs is 3. The van der Waals surface area contributed by atoms with Crippen LogP contribution in [0.25, 0.3) is 11.8 Å². The molecule has 1 aromatic carbocycles. The van der Waals surface area contributed by atoms with Crippen LogP contribution in [0.15, 0.2) is 103 Å². The Morgan fingerprint density at radius 3 is 2.71 bits per heavy atom. The van der Waals surface area contributed by atoms with Crippen LogP contribution in [0.4, 0.5) is 0 Å². The minimum atomic E-state index is -0.541. The maximum atomic E-state index is 11.4. The standard InChI is InChI=1S/C22H21N5O/c23-22(28)19-7-3-4-10-26-17-21-20-8-2-1-6-18(20)9-14-27(21)15-13-24-11-5-12-25-16-19/h1-17,24,26H,(H2,23,28). The number of amides is 1. The van der Waals surface area contributed by atoms with Gasteiger partial charge in [-0.25, -0.2) is 0 Å². The van der Waals surface area contributed by atoms with Crippen LogP contribution in [0, 0.1) is 0 Å². The Morgan fingerprint density at radius 2 is 1.82 bits per heavy atom. The number of allylic oxidation sites excluding steroid dienone is 3. The summed E-state index contributed by atoms with van der Waals surface area (Å²) in [5.74, 6) is -0.541. The van der Waals surface area contributed by atoms with Crippen LogP contribution in [-0.4, -0.2) is 17.0 Å². The smallest absolute Gasteiger partial charge is 0.250 e. The van der Waals surface area contributed by atoms with Crippen LogP contribution < -0.4 is 16.4 Å². The number of hydrogen-bond donors (Lipinski definition) is 3. The molecule has 140 valence electrons. The zero-order valence-corrected chi connectivity index (χ0v) is 15.2. The van der Waals surface area contributed by atoms with Crippen molar-refractivity contribution in [1.82, 2.24) is 15.5 Å². The van der Waals surface area contributed by atoms with Crippen LogP contribution >= 0.6 is 0 Å². The van der Waals surface area contributed by atoms with Gasteiger partial charge in [0.05, 0.1) is 11.3 Å². The molecule has 0 unspecified atom stereocenters. The van der Waals surface area contributed by atoms with Crippen molar-refractivity contribution in [3.63, 3.8) is 0 Å². The third-order valence-corrected chi connectivity index (χ3v) is 3.92. The molecule has 0 fully saturated rings. The molecule has 0 aliphatic carbocycles. The van der Waals surface area contributed by atoms with E-state index in [1.165, 1.54) is 6.20 Å². The van der Waals surface area contributed by atoms with Crippen LogP contribution in [0.1, 0.15) is 11.1 Å². The van der Waals surface area contributed by atoms with Gasteiger partial charge in [-0.3, -0.25) is 9.79 Å². The summed E-state index contributed by atoms with van der Waals surface area (Å²) in [7, 11) is 0. The second-order valence-corrected chi connectivity index (χ2v) is 5.81. The molecule has 0 atom stereocenters. The number of nitrogens with zero attached hydrogens (tertiary/aromatic N) is 2. The largest absolute Gasteiger partial charge is 0.366 e. The first-order valence-corrected chi connectivity index (χ1v) is 8.72. The molecule has 1 amide bonds. The summed E-state index contributed by atoms with van der Waals surface area (Å²) in [5, 5.41) is 6.22. The number of nitrogens with two attached hydrogens (primary N) is 1. The molecule has 2 aliphatic rings. The van der Waals surface area contributed by atoms with E-state index in [9.17, 15) is 4.79 Å². The zero-order valence-electron chi connectivity index (χ0n) is 15.2. The minimum Gasteiger partial charge on any atom is -0.366 e. The van der Waals surface area contributed by atoms with E-state index in [4.69, 9.17) is 5.73 Å². The molecule has 0 spiro atoms. The van der Waals surface area contributed by atoms with Gasteiger partial charge in [-0.2, -0.15) is 0 Å². The van der Waals surface area contributed by atoms with Crippen LogP contribution in [0.3, 0.4) is 0 Å². The number of carbonyl (C=O) groups excluding carboxylic acids is 1. The molecule has 6 nitrogen and oxygen atoms in total. The molecule has 4 N–H and O–H groups in total. The van der Waals surface area contributed by atoms with Crippen molar-refractivity contribution in [3.05, 3.63) is 109 Å². The Hall–Kier alpha value is -4.06. The highest BCUT2D eigenvalue weighted by Gasteiger charge is 2.14. The van der Waals surface area contributed by atoms with Crippen LogP contribution in [0.5, 0.6) is 0 Å². The van der Waals surface area contributed by atoms with Crippen molar-refractivity contribution in [2.45, 2.75) is 0 Å². The number of rotatable bonds is 1. The Kier molecular flexibility index (Phi) is 6.41. The number of hydrogen-bond acceptors (Lipinski definition) is 5. The first-order valence-electron chi connectivity index (χ1n) is 8.72. The summed E-state index contributed by atoms with van der Waals surface area (Å²) < 4.78 is 0. The summed E-state index contributed by atoms with van der Waals surface area (Å²) >= 11 is 0. The van der Waals surface area contributed by atoms with Crippen LogP contribution in [-0.2, 0) is 4.79 Å². The summed E-state index contributed by atoms with van der Waals surface area (Å²) in [6.45, 7) is 0. The van der Waals surface area contributed by atoms with Gasteiger partial charge >= 0.3 is 0 Å². The first-order chi connectivity index (χ1) is 13.8. The van der Waals surface area contributed by atoms with E-state index in [1.807, 2.05) is 41.8 Å². The number of nitrogens with one attached hydrogen (secondary N) is 2. The second kappa shape index (κ2) is 9.59. The molecule has 0 aromatic heterocycles. The number of carbonyl (C=O) groups is 1. The van der Waals surface area contributed by atoms with E-state index < -0.39 is 5.91 Å². The van der Waals surface area contributed by atoms with E-state index in [1.54, 1.807) is 42.9 Å². The minimum absolute atomic E-state index is 0.308. The monoisotopic (exact) mass is 371 g/mol. The summed E-state index contributed by atoms with van der Waals surface area (Å²) in [6.07, 6.45) is 23.0. The van der Waals surface area contributed by atoms with E-state index in [-0.39, 0.29) is 0 Å². The average Bonchev–Trinajstić information content (AvgIpc) is 2.71. The van der Waals surface area contributed by atoms with Gasteiger partial charge in [-0.15, -0.1) is 0 Å². The fourth-order valence-electron chi connectivity index (χ4n) is 2.57. The Balaban J connectivity index is 1.90. The van der Waals surface area contributed by atoms with Crippen molar-refractivity contribution in [2.75, 3.05) is 0 Å². The normalized spacial score (nSPS) is 16.2. The molecular weight excluding hydrogens is 350 g/mol. The van der Waals surface area contributed by atoms with E-state index in [2.05, 4.69) is 33.8 Å². The van der Waals surface area contributed by atoms with Crippen molar-refractivity contribution in [3.8, 4) is 0 Å². The zero-order chi connectivity index (χ0) is 19.6. The fourth-order valence-corrected chi connectivity index (χ4v) is 2.57. The predicted molar refractivity (Wildman–Crippen MR) is 114 cm³/mol.